The number of halogens is 1. The number of benzene rings is 1. The number of nitrogens with zero attached hydrogens (tertiary/aromatic N) is 1. The second-order valence-corrected chi connectivity index (χ2v) is 7.55. The maximum atomic E-state index is 12.7. The Bertz CT molecular complexity index is 651. The van der Waals surface area contributed by atoms with Gasteiger partial charge >= 0.3 is 6.03 Å². The van der Waals surface area contributed by atoms with Crippen molar-refractivity contribution >= 4 is 33.7 Å². The zero-order chi connectivity index (χ0) is 16.7. The highest BCUT2D eigenvalue weighted by Gasteiger charge is 2.49. The highest BCUT2D eigenvalue weighted by molar-refractivity contribution is 9.10. The van der Waals surface area contributed by atoms with Gasteiger partial charge in [-0.2, -0.15) is 0 Å². The molecule has 0 bridgehead atoms. The lowest BCUT2D eigenvalue weighted by atomic mass is 9.89. The Hall–Kier alpha value is -1.69. The lowest BCUT2D eigenvalue weighted by Gasteiger charge is -2.23. The first-order chi connectivity index (χ1) is 10.1. The van der Waals surface area contributed by atoms with E-state index in [4.69, 9.17) is 0 Å². The van der Waals surface area contributed by atoms with Crippen molar-refractivity contribution in [3.8, 4) is 0 Å². The van der Waals surface area contributed by atoms with E-state index in [1.54, 1.807) is 45.9 Å². The highest BCUT2D eigenvalue weighted by Crippen LogP contribution is 2.31. The first-order valence-corrected chi connectivity index (χ1v) is 7.78. The van der Waals surface area contributed by atoms with Gasteiger partial charge in [0.25, 0.3) is 5.91 Å². The molecule has 0 spiro atoms. The largest absolute Gasteiger partial charge is 0.325 e. The average Bonchev–Trinajstić information content (AvgIpc) is 2.62. The predicted octanol–water partition coefficient (Wildman–Crippen LogP) is 2.83. The topological polar surface area (TPSA) is 66.5 Å². The van der Waals surface area contributed by atoms with E-state index in [-0.39, 0.29) is 12.3 Å². The number of carbonyl (C=O) groups excluding carboxylic acids is 3. The number of carbonyl (C=O) groups is 3. The Kier molecular flexibility index (Phi) is 4.17. The normalized spacial score (nSPS) is 22.0. The molecule has 6 heteroatoms. The van der Waals surface area contributed by atoms with Crippen LogP contribution < -0.4 is 5.32 Å². The van der Waals surface area contributed by atoms with Crippen molar-refractivity contribution in [2.75, 3.05) is 6.54 Å². The number of amides is 3. The molecule has 1 fully saturated rings. The van der Waals surface area contributed by atoms with Gasteiger partial charge in [-0.3, -0.25) is 14.5 Å². The minimum Gasteiger partial charge on any atom is -0.319 e. The van der Waals surface area contributed by atoms with Crippen LogP contribution in [0.1, 0.15) is 33.3 Å². The smallest absolute Gasteiger partial charge is 0.319 e. The van der Waals surface area contributed by atoms with E-state index in [2.05, 4.69) is 21.2 Å². The zero-order valence-corrected chi connectivity index (χ0v) is 14.7. The van der Waals surface area contributed by atoms with E-state index in [0.29, 0.717) is 5.56 Å². The van der Waals surface area contributed by atoms with Gasteiger partial charge < -0.3 is 5.32 Å². The molecule has 1 N–H and O–H groups in total. The van der Waals surface area contributed by atoms with Gasteiger partial charge in [0.2, 0.25) is 0 Å². The fraction of sp³-hybridized carbons (Fsp3) is 0.438. The monoisotopic (exact) mass is 366 g/mol. The minimum absolute atomic E-state index is 0.158. The van der Waals surface area contributed by atoms with E-state index in [1.165, 1.54) is 0 Å². The molecule has 0 unspecified atom stereocenters. The first-order valence-electron chi connectivity index (χ1n) is 6.99. The lowest BCUT2D eigenvalue weighted by Crippen LogP contribution is -2.42. The van der Waals surface area contributed by atoms with Gasteiger partial charge in [0.1, 0.15) is 5.54 Å². The van der Waals surface area contributed by atoms with Gasteiger partial charge in [-0.25, -0.2) is 4.79 Å². The van der Waals surface area contributed by atoms with Crippen LogP contribution in [0.3, 0.4) is 0 Å². The van der Waals surface area contributed by atoms with Crippen molar-refractivity contribution in [3.63, 3.8) is 0 Å². The van der Waals surface area contributed by atoms with Gasteiger partial charge in [0, 0.05) is 9.89 Å². The second kappa shape index (κ2) is 5.50. The van der Waals surface area contributed by atoms with Gasteiger partial charge in [-0.05, 0) is 24.6 Å². The molecule has 0 aliphatic carbocycles. The number of rotatable bonds is 3. The third kappa shape index (κ3) is 2.92. The predicted molar refractivity (Wildman–Crippen MR) is 86.2 cm³/mol. The number of hydrogen-bond acceptors (Lipinski definition) is 3. The number of hydrogen-bond donors (Lipinski definition) is 1. The Morgan fingerprint density at radius 1 is 1.32 bits per heavy atom. The van der Waals surface area contributed by atoms with Gasteiger partial charge in [-0.1, -0.05) is 48.8 Å². The summed E-state index contributed by atoms with van der Waals surface area (Å²) in [7, 11) is 0. The third-order valence-electron chi connectivity index (χ3n) is 3.82. The molecule has 0 saturated carbocycles. The molecule has 1 aliphatic heterocycles. The maximum Gasteiger partial charge on any atom is 0.325 e. The Morgan fingerprint density at radius 2 is 1.95 bits per heavy atom. The molecule has 0 radical (unpaired) electrons. The van der Waals surface area contributed by atoms with E-state index in [1.807, 2.05) is 6.07 Å². The SMILES string of the molecule is CC(C)(C)C(=O)CN1C(=O)N[C@](C)(c2cccc(Br)c2)C1=O. The summed E-state index contributed by atoms with van der Waals surface area (Å²) in [6.45, 7) is 6.73. The summed E-state index contributed by atoms with van der Waals surface area (Å²) in [6, 6.07) is 6.66. The number of ketones is 1. The molecule has 22 heavy (non-hydrogen) atoms. The highest BCUT2D eigenvalue weighted by atomic mass is 79.9. The maximum absolute atomic E-state index is 12.7. The van der Waals surface area contributed by atoms with Crippen molar-refractivity contribution in [1.29, 1.82) is 0 Å². The van der Waals surface area contributed by atoms with E-state index < -0.39 is 22.9 Å². The Morgan fingerprint density at radius 3 is 2.50 bits per heavy atom. The van der Waals surface area contributed by atoms with Gasteiger partial charge in [-0.15, -0.1) is 0 Å². The molecule has 1 saturated heterocycles. The molecular weight excluding hydrogens is 348 g/mol. The summed E-state index contributed by atoms with van der Waals surface area (Å²) in [5.41, 5.74) is -1.08. The van der Waals surface area contributed by atoms with Crippen LogP contribution in [0.2, 0.25) is 0 Å². The Balaban J connectivity index is 2.30. The fourth-order valence-corrected chi connectivity index (χ4v) is 2.62. The second-order valence-electron chi connectivity index (χ2n) is 6.63. The van der Waals surface area contributed by atoms with E-state index in [0.717, 1.165) is 9.37 Å². The molecule has 1 aromatic rings. The first kappa shape index (κ1) is 16.7. The third-order valence-corrected chi connectivity index (χ3v) is 4.31. The van der Waals surface area contributed by atoms with Gasteiger partial charge in [0.15, 0.2) is 5.78 Å². The number of urea groups is 1. The minimum atomic E-state index is -1.15. The molecule has 1 aromatic carbocycles. The standard InChI is InChI=1S/C16H19BrN2O3/c1-15(2,3)12(20)9-19-13(21)16(4,18-14(19)22)10-6-5-7-11(17)8-10/h5-8H,9H2,1-4H3,(H,18,22)/t16-/m1/s1. The Labute approximate surface area is 138 Å². The quantitative estimate of drug-likeness (QED) is 0.836. The molecule has 1 heterocycles. The number of Topliss-reactive ketones (excluding diaryl/α,β-unsaturated/α-hetero) is 1. The van der Waals surface area contributed by atoms with Crippen LogP contribution in [-0.4, -0.2) is 29.2 Å². The van der Waals surface area contributed by atoms with Crippen molar-refractivity contribution in [2.45, 2.75) is 33.2 Å². The molecule has 3 amide bonds. The van der Waals surface area contributed by atoms with Gasteiger partial charge in [0.05, 0.1) is 6.54 Å². The summed E-state index contributed by atoms with van der Waals surface area (Å²) in [6.07, 6.45) is 0. The fourth-order valence-electron chi connectivity index (χ4n) is 2.22. The summed E-state index contributed by atoms with van der Waals surface area (Å²) in [4.78, 5) is 38.0. The van der Waals surface area contributed by atoms with Crippen LogP contribution in [0.5, 0.6) is 0 Å². The molecule has 5 nitrogen and oxygen atoms in total. The van der Waals surface area contributed by atoms with Crippen molar-refractivity contribution in [3.05, 3.63) is 34.3 Å². The van der Waals surface area contributed by atoms with Crippen molar-refractivity contribution < 1.29 is 14.4 Å². The molecule has 0 aromatic heterocycles. The summed E-state index contributed by atoms with van der Waals surface area (Å²) in [5, 5.41) is 2.69. The molecule has 118 valence electrons. The van der Waals surface area contributed by atoms with Crippen LogP contribution in [0.25, 0.3) is 0 Å². The summed E-state index contributed by atoms with van der Waals surface area (Å²) >= 11 is 3.36. The van der Waals surface area contributed by atoms with Crippen LogP contribution in [0.15, 0.2) is 28.7 Å². The number of nitrogens with one attached hydrogen (secondary N) is 1. The van der Waals surface area contributed by atoms with E-state index >= 15 is 0 Å². The van der Waals surface area contributed by atoms with Crippen LogP contribution in [0, 0.1) is 5.41 Å². The lowest BCUT2D eigenvalue weighted by molar-refractivity contribution is -0.136. The summed E-state index contributed by atoms with van der Waals surface area (Å²) in [5.74, 6) is -0.567. The average molecular weight is 367 g/mol. The number of imide groups is 1. The van der Waals surface area contributed by atoms with Crippen LogP contribution in [-0.2, 0) is 15.1 Å². The summed E-state index contributed by atoms with van der Waals surface area (Å²) < 4.78 is 0.817. The molecular formula is C16H19BrN2O3. The van der Waals surface area contributed by atoms with Crippen molar-refractivity contribution in [2.24, 2.45) is 5.41 Å². The molecule has 2 rings (SSSR count). The van der Waals surface area contributed by atoms with Crippen LogP contribution in [0.4, 0.5) is 4.79 Å². The van der Waals surface area contributed by atoms with Crippen molar-refractivity contribution in [1.82, 2.24) is 10.2 Å². The molecule has 1 aliphatic rings. The van der Waals surface area contributed by atoms with Crippen LogP contribution >= 0.6 is 15.9 Å². The molecule has 1 atom stereocenters. The zero-order valence-electron chi connectivity index (χ0n) is 13.1. The van der Waals surface area contributed by atoms with E-state index in [9.17, 15) is 14.4 Å².